The molecule has 2 unspecified atom stereocenters. The van der Waals surface area contributed by atoms with Crippen LogP contribution in [0.4, 0.5) is 10.1 Å². The number of carbonyl (C=O) groups is 1. The van der Waals surface area contributed by atoms with Gasteiger partial charge in [0.1, 0.15) is 5.82 Å². The van der Waals surface area contributed by atoms with Gasteiger partial charge in [0.05, 0.1) is 24.8 Å². The average molecular weight is 273 g/mol. The molecule has 1 aromatic carbocycles. The molecule has 98 valence electrons. The van der Waals surface area contributed by atoms with Crippen molar-refractivity contribution in [2.45, 2.75) is 6.04 Å². The monoisotopic (exact) mass is 272 g/mol. The lowest BCUT2D eigenvalue weighted by Crippen LogP contribution is -2.39. The minimum absolute atomic E-state index is 0.0488. The Hall–Kier alpha value is -1.17. The van der Waals surface area contributed by atoms with E-state index in [0.717, 1.165) is 0 Å². The van der Waals surface area contributed by atoms with E-state index in [1.807, 2.05) is 0 Å². The lowest BCUT2D eigenvalue weighted by atomic mass is 10.0. The second-order valence-corrected chi connectivity index (χ2v) is 4.59. The third-order valence-electron chi connectivity index (χ3n) is 2.97. The Bertz CT molecular complexity index is 456. The van der Waals surface area contributed by atoms with Crippen LogP contribution >= 0.6 is 11.6 Å². The van der Waals surface area contributed by atoms with E-state index in [9.17, 15) is 9.18 Å². The van der Waals surface area contributed by atoms with Gasteiger partial charge in [-0.05, 0) is 25.2 Å². The van der Waals surface area contributed by atoms with Crippen LogP contribution in [0.15, 0.2) is 18.2 Å². The molecule has 2 rings (SSSR count). The van der Waals surface area contributed by atoms with E-state index >= 15 is 0 Å². The zero-order valence-corrected chi connectivity index (χ0v) is 10.6. The Morgan fingerprint density at radius 1 is 1.50 bits per heavy atom. The molecular formula is C12H14ClFN2O2. The van der Waals surface area contributed by atoms with Crippen LogP contribution in [0.2, 0.25) is 5.02 Å². The van der Waals surface area contributed by atoms with Crippen molar-refractivity contribution in [3.63, 3.8) is 0 Å². The Morgan fingerprint density at radius 3 is 3.00 bits per heavy atom. The highest BCUT2D eigenvalue weighted by atomic mass is 35.5. The summed E-state index contributed by atoms with van der Waals surface area (Å²) in [6.45, 7) is 0.812. The summed E-state index contributed by atoms with van der Waals surface area (Å²) in [5.74, 6) is -1.10. The Morgan fingerprint density at radius 2 is 2.28 bits per heavy atom. The minimum Gasteiger partial charge on any atom is -0.379 e. The second-order valence-electron chi connectivity index (χ2n) is 4.15. The van der Waals surface area contributed by atoms with Gasteiger partial charge >= 0.3 is 0 Å². The third kappa shape index (κ3) is 2.80. The summed E-state index contributed by atoms with van der Waals surface area (Å²) in [5, 5.41) is 5.91. The van der Waals surface area contributed by atoms with Gasteiger partial charge < -0.3 is 15.4 Å². The van der Waals surface area contributed by atoms with Crippen molar-refractivity contribution < 1.29 is 13.9 Å². The van der Waals surface area contributed by atoms with Crippen molar-refractivity contribution in [1.29, 1.82) is 0 Å². The van der Waals surface area contributed by atoms with Crippen molar-refractivity contribution >= 4 is 23.2 Å². The molecule has 0 bridgehead atoms. The van der Waals surface area contributed by atoms with Gasteiger partial charge in [0, 0.05) is 11.1 Å². The number of amides is 1. The summed E-state index contributed by atoms with van der Waals surface area (Å²) < 4.78 is 18.7. The summed E-state index contributed by atoms with van der Waals surface area (Å²) in [5.41, 5.74) is 0.0919. The van der Waals surface area contributed by atoms with Crippen LogP contribution in [0.5, 0.6) is 0 Å². The summed E-state index contributed by atoms with van der Waals surface area (Å²) in [6, 6.07) is 3.99. The minimum atomic E-state index is -0.507. The maximum absolute atomic E-state index is 13.5. The van der Waals surface area contributed by atoms with E-state index in [1.165, 1.54) is 18.2 Å². The van der Waals surface area contributed by atoms with Crippen LogP contribution in [-0.2, 0) is 9.53 Å². The molecule has 2 atom stereocenters. The second kappa shape index (κ2) is 5.65. The molecular weight excluding hydrogens is 259 g/mol. The highest BCUT2D eigenvalue weighted by Crippen LogP contribution is 2.22. The van der Waals surface area contributed by atoms with E-state index in [0.29, 0.717) is 18.2 Å². The van der Waals surface area contributed by atoms with Crippen molar-refractivity contribution in [2.24, 2.45) is 5.92 Å². The number of benzene rings is 1. The molecule has 1 aromatic rings. The number of rotatable bonds is 3. The summed E-state index contributed by atoms with van der Waals surface area (Å²) in [7, 11) is 1.76. The van der Waals surface area contributed by atoms with Crippen LogP contribution < -0.4 is 10.6 Å². The first kappa shape index (κ1) is 13.3. The van der Waals surface area contributed by atoms with Gasteiger partial charge in [-0.3, -0.25) is 4.79 Å². The number of halogens is 2. The van der Waals surface area contributed by atoms with Gasteiger partial charge in [-0.2, -0.15) is 0 Å². The van der Waals surface area contributed by atoms with Gasteiger partial charge in [-0.25, -0.2) is 4.39 Å². The number of carbonyl (C=O) groups excluding carboxylic acids is 1. The van der Waals surface area contributed by atoms with Gasteiger partial charge in [-0.15, -0.1) is 0 Å². The zero-order chi connectivity index (χ0) is 13.1. The molecule has 1 aliphatic rings. The molecule has 1 fully saturated rings. The molecule has 1 heterocycles. The first-order chi connectivity index (χ1) is 8.61. The largest absolute Gasteiger partial charge is 0.379 e. The molecule has 2 N–H and O–H groups in total. The third-order valence-corrected chi connectivity index (χ3v) is 3.21. The summed E-state index contributed by atoms with van der Waals surface area (Å²) >= 11 is 5.76. The number of hydrogen-bond acceptors (Lipinski definition) is 3. The lowest BCUT2D eigenvalue weighted by molar-refractivity contribution is -0.120. The normalized spacial score (nSPS) is 23.1. The van der Waals surface area contributed by atoms with Crippen LogP contribution in [-0.4, -0.2) is 32.2 Å². The average Bonchev–Trinajstić information content (AvgIpc) is 2.82. The lowest BCUT2D eigenvalue weighted by Gasteiger charge is -2.16. The molecule has 0 spiro atoms. The number of nitrogens with one attached hydrogen (secondary N) is 2. The Kier molecular flexibility index (Phi) is 4.16. The van der Waals surface area contributed by atoms with Crippen molar-refractivity contribution in [1.82, 2.24) is 5.32 Å². The van der Waals surface area contributed by atoms with E-state index in [2.05, 4.69) is 10.6 Å². The molecule has 1 amide bonds. The smallest absolute Gasteiger partial charge is 0.231 e. The molecule has 1 aliphatic heterocycles. The molecule has 0 saturated carbocycles. The van der Waals surface area contributed by atoms with E-state index in [-0.39, 0.29) is 23.6 Å². The summed E-state index contributed by atoms with van der Waals surface area (Å²) in [6.07, 6.45) is 0. The first-order valence-corrected chi connectivity index (χ1v) is 6.00. The van der Waals surface area contributed by atoms with Gasteiger partial charge in [0.25, 0.3) is 0 Å². The van der Waals surface area contributed by atoms with Crippen LogP contribution in [0.25, 0.3) is 0 Å². The quantitative estimate of drug-likeness (QED) is 0.880. The molecule has 6 heteroatoms. The number of likely N-dealkylation sites (N-methyl/N-ethyl adjacent to an activating group) is 1. The summed E-state index contributed by atoms with van der Waals surface area (Å²) in [4.78, 5) is 12.0. The standard InChI is InChI=1S/C12H14ClFN2O2/c1-15-11-6-18-5-8(11)12(17)16-10-4-7(13)2-3-9(10)14/h2-4,8,11,15H,5-6H2,1H3,(H,16,17). The molecule has 0 aromatic heterocycles. The Balaban J connectivity index is 2.09. The van der Waals surface area contributed by atoms with Crippen LogP contribution in [0.1, 0.15) is 0 Å². The number of ether oxygens (including phenoxy) is 1. The van der Waals surface area contributed by atoms with Crippen LogP contribution in [0.3, 0.4) is 0 Å². The highest BCUT2D eigenvalue weighted by Gasteiger charge is 2.33. The molecule has 4 nitrogen and oxygen atoms in total. The zero-order valence-electron chi connectivity index (χ0n) is 9.87. The van der Waals surface area contributed by atoms with E-state index in [4.69, 9.17) is 16.3 Å². The van der Waals surface area contributed by atoms with Crippen molar-refractivity contribution in [2.75, 3.05) is 25.6 Å². The molecule has 1 saturated heterocycles. The van der Waals surface area contributed by atoms with Gasteiger partial charge in [0.15, 0.2) is 0 Å². The maximum Gasteiger partial charge on any atom is 0.231 e. The van der Waals surface area contributed by atoms with Crippen molar-refractivity contribution in [3.8, 4) is 0 Å². The molecule has 0 aliphatic carbocycles. The van der Waals surface area contributed by atoms with Gasteiger partial charge in [-0.1, -0.05) is 11.6 Å². The predicted octanol–water partition coefficient (Wildman–Crippen LogP) is 1.65. The maximum atomic E-state index is 13.5. The van der Waals surface area contributed by atoms with E-state index in [1.54, 1.807) is 7.05 Å². The van der Waals surface area contributed by atoms with Crippen LogP contribution in [0, 0.1) is 11.7 Å². The fourth-order valence-corrected chi connectivity index (χ4v) is 2.09. The molecule has 0 radical (unpaired) electrons. The fraction of sp³-hybridized carbons (Fsp3) is 0.417. The Labute approximate surface area is 109 Å². The van der Waals surface area contributed by atoms with Crippen molar-refractivity contribution in [3.05, 3.63) is 29.0 Å². The first-order valence-electron chi connectivity index (χ1n) is 5.62. The van der Waals surface area contributed by atoms with Gasteiger partial charge in [0.2, 0.25) is 5.91 Å². The molecule has 18 heavy (non-hydrogen) atoms. The van der Waals surface area contributed by atoms with E-state index < -0.39 is 5.82 Å². The topological polar surface area (TPSA) is 50.4 Å². The number of anilines is 1. The fourth-order valence-electron chi connectivity index (χ4n) is 1.92. The predicted molar refractivity (Wildman–Crippen MR) is 67.2 cm³/mol. The highest BCUT2D eigenvalue weighted by molar-refractivity contribution is 6.30. The SMILES string of the molecule is CNC1COCC1C(=O)Nc1cc(Cl)ccc1F. The number of hydrogen-bond donors (Lipinski definition) is 2.